The molecule has 3 aromatic carbocycles. The standard InChI is InChI=1S/C28H28N4O3/c1-19(33)30-23-5-2-20(3-6-23)16-21-4-11-27-25(17-21)26(28(34)31-27)18-29-22-7-9-24(10-8-22)32-12-14-35-15-13-32/h2-11,17-18,29H,12-16H2,1H3,(H,30,33)(H,31,34)/b26-18+. The number of carbonyl (C=O) groups excluding carboxylic acids is 2. The Kier molecular flexibility index (Phi) is 6.50. The van der Waals surface area contributed by atoms with E-state index in [1.54, 1.807) is 6.20 Å². The molecule has 2 heterocycles. The molecule has 0 unspecified atom stereocenters. The molecule has 0 bridgehead atoms. The van der Waals surface area contributed by atoms with Crippen LogP contribution in [0.15, 0.2) is 72.9 Å². The van der Waals surface area contributed by atoms with Gasteiger partial charge in [-0.15, -0.1) is 0 Å². The second kappa shape index (κ2) is 10.0. The van der Waals surface area contributed by atoms with E-state index in [0.29, 0.717) is 5.57 Å². The molecule has 0 aliphatic carbocycles. The van der Waals surface area contributed by atoms with Gasteiger partial charge in [0.2, 0.25) is 5.91 Å². The molecular formula is C28H28N4O3. The maximum atomic E-state index is 12.6. The lowest BCUT2D eigenvalue weighted by Gasteiger charge is -2.28. The van der Waals surface area contributed by atoms with Gasteiger partial charge in [-0.1, -0.05) is 18.2 Å². The van der Waals surface area contributed by atoms with Crippen molar-refractivity contribution in [3.8, 4) is 0 Å². The molecule has 0 radical (unpaired) electrons. The summed E-state index contributed by atoms with van der Waals surface area (Å²) in [5.41, 5.74) is 7.42. The van der Waals surface area contributed by atoms with Crippen LogP contribution in [0.2, 0.25) is 0 Å². The number of carbonyl (C=O) groups is 2. The van der Waals surface area contributed by atoms with Crippen LogP contribution >= 0.6 is 0 Å². The van der Waals surface area contributed by atoms with Crippen LogP contribution in [0.5, 0.6) is 0 Å². The van der Waals surface area contributed by atoms with Gasteiger partial charge in [-0.25, -0.2) is 0 Å². The molecule has 3 aromatic rings. The van der Waals surface area contributed by atoms with Crippen LogP contribution in [0.3, 0.4) is 0 Å². The van der Waals surface area contributed by atoms with Gasteiger partial charge in [0.25, 0.3) is 5.91 Å². The minimum absolute atomic E-state index is 0.0884. The SMILES string of the molecule is CC(=O)Nc1ccc(Cc2ccc3c(c2)/C(=C\Nc2ccc(N4CCOCC4)cc2)C(=O)N3)cc1. The Morgan fingerprint density at radius 2 is 1.66 bits per heavy atom. The van der Waals surface area contributed by atoms with Crippen LogP contribution < -0.4 is 20.9 Å². The van der Waals surface area contributed by atoms with E-state index in [9.17, 15) is 9.59 Å². The second-order valence-electron chi connectivity index (χ2n) is 8.74. The van der Waals surface area contributed by atoms with Crippen molar-refractivity contribution in [3.63, 3.8) is 0 Å². The molecule has 1 saturated heterocycles. The fourth-order valence-corrected chi connectivity index (χ4v) is 4.38. The number of rotatable bonds is 6. The summed E-state index contributed by atoms with van der Waals surface area (Å²) in [4.78, 5) is 26.2. The summed E-state index contributed by atoms with van der Waals surface area (Å²) in [7, 11) is 0. The van der Waals surface area contributed by atoms with Crippen LogP contribution in [0.1, 0.15) is 23.6 Å². The normalized spacial score (nSPS) is 16.1. The largest absolute Gasteiger partial charge is 0.378 e. The Morgan fingerprint density at radius 1 is 0.971 bits per heavy atom. The molecule has 5 rings (SSSR count). The Labute approximate surface area is 204 Å². The number of morpholine rings is 1. The zero-order valence-electron chi connectivity index (χ0n) is 19.6. The number of hydrogen-bond donors (Lipinski definition) is 3. The summed E-state index contributed by atoms with van der Waals surface area (Å²) in [5, 5.41) is 9.01. The lowest BCUT2D eigenvalue weighted by atomic mass is 9.99. The lowest BCUT2D eigenvalue weighted by molar-refractivity contribution is -0.114. The average molecular weight is 469 g/mol. The maximum absolute atomic E-state index is 12.6. The molecule has 2 amide bonds. The van der Waals surface area contributed by atoms with Crippen molar-refractivity contribution in [1.29, 1.82) is 0 Å². The summed E-state index contributed by atoms with van der Waals surface area (Å²) in [6, 6.07) is 22.1. The summed E-state index contributed by atoms with van der Waals surface area (Å²) in [5.74, 6) is -0.205. The highest BCUT2D eigenvalue weighted by molar-refractivity contribution is 6.31. The number of nitrogens with one attached hydrogen (secondary N) is 3. The quantitative estimate of drug-likeness (QED) is 0.465. The van der Waals surface area contributed by atoms with Gasteiger partial charge in [-0.3, -0.25) is 9.59 Å². The molecule has 2 aliphatic heterocycles. The van der Waals surface area contributed by atoms with Crippen LogP contribution in [0, 0.1) is 0 Å². The maximum Gasteiger partial charge on any atom is 0.257 e. The minimum atomic E-state index is -0.116. The van der Waals surface area contributed by atoms with Gasteiger partial charge in [-0.05, 0) is 66.1 Å². The molecule has 35 heavy (non-hydrogen) atoms. The molecule has 2 aliphatic rings. The van der Waals surface area contributed by atoms with E-state index in [0.717, 1.165) is 66.5 Å². The van der Waals surface area contributed by atoms with Crippen LogP contribution in [0.25, 0.3) is 5.57 Å². The van der Waals surface area contributed by atoms with Crippen molar-refractivity contribution in [2.45, 2.75) is 13.3 Å². The van der Waals surface area contributed by atoms with Gasteiger partial charge >= 0.3 is 0 Å². The molecule has 0 spiro atoms. The third-order valence-electron chi connectivity index (χ3n) is 6.18. The van der Waals surface area contributed by atoms with Gasteiger partial charge in [0.05, 0.1) is 18.8 Å². The first-order chi connectivity index (χ1) is 17.0. The van der Waals surface area contributed by atoms with Crippen LogP contribution in [0.4, 0.5) is 22.7 Å². The smallest absolute Gasteiger partial charge is 0.257 e. The van der Waals surface area contributed by atoms with E-state index >= 15 is 0 Å². The summed E-state index contributed by atoms with van der Waals surface area (Å²) in [6.07, 6.45) is 2.50. The zero-order valence-corrected chi connectivity index (χ0v) is 19.6. The number of amides is 2. The van der Waals surface area contributed by atoms with Gasteiger partial charge in [-0.2, -0.15) is 0 Å². The molecule has 7 heteroatoms. The Balaban J connectivity index is 1.29. The van der Waals surface area contributed by atoms with Gasteiger partial charge < -0.3 is 25.6 Å². The van der Waals surface area contributed by atoms with Crippen molar-refractivity contribution in [1.82, 2.24) is 0 Å². The highest BCUT2D eigenvalue weighted by Crippen LogP contribution is 2.33. The first-order valence-electron chi connectivity index (χ1n) is 11.8. The molecule has 178 valence electrons. The van der Waals surface area contributed by atoms with Crippen molar-refractivity contribution in [3.05, 3.63) is 89.6 Å². The van der Waals surface area contributed by atoms with Crippen molar-refractivity contribution < 1.29 is 14.3 Å². The van der Waals surface area contributed by atoms with E-state index < -0.39 is 0 Å². The van der Waals surface area contributed by atoms with Crippen LogP contribution in [-0.2, 0) is 20.7 Å². The highest BCUT2D eigenvalue weighted by atomic mass is 16.5. The summed E-state index contributed by atoms with van der Waals surface area (Å²) >= 11 is 0. The van der Waals surface area contributed by atoms with Crippen molar-refractivity contribution in [2.24, 2.45) is 0 Å². The van der Waals surface area contributed by atoms with Crippen molar-refractivity contribution in [2.75, 3.05) is 47.2 Å². The van der Waals surface area contributed by atoms with Crippen molar-refractivity contribution >= 4 is 40.1 Å². The fraction of sp³-hybridized carbons (Fsp3) is 0.214. The molecule has 0 atom stereocenters. The predicted molar refractivity (Wildman–Crippen MR) is 140 cm³/mol. The molecular weight excluding hydrogens is 440 g/mol. The second-order valence-corrected chi connectivity index (χ2v) is 8.74. The minimum Gasteiger partial charge on any atom is -0.378 e. The third kappa shape index (κ3) is 5.36. The van der Waals surface area contributed by atoms with Gasteiger partial charge in [0.15, 0.2) is 0 Å². The molecule has 7 nitrogen and oxygen atoms in total. The first-order valence-corrected chi connectivity index (χ1v) is 11.8. The number of benzene rings is 3. The summed E-state index contributed by atoms with van der Waals surface area (Å²) in [6.45, 7) is 4.80. The first kappa shape index (κ1) is 22.7. The van der Waals surface area contributed by atoms with E-state index in [2.05, 4.69) is 39.0 Å². The summed E-state index contributed by atoms with van der Waals surface area (Å²) < 4.78 is 5.42. The topological polar surface area (TPSA) is 82.7 Å². The number of hydrogen-bond acceptors (Lipinski definition) is 5. The zero-order chi connectivity index (χ0) is 24.2. The number of nitrogens with zero attached hydrogens (tertiary/aromatic N) is 1. The lowest BCUT2D eigenvalue weighted by Crippen LogP contribution is -2.36. The molecule has 0 saturated carbocycles. The number of fused-ring (bicyclic) bond motifs is 1. The number of ether oxygens (including phenoxy) is 1. The Morgan fingerprint density at radius 3 is 2.37 bits per heavy atom. The van der Waals surface area contributed by atoms with Gasteiger partial charge in [0, 0.05) is 54.5 Å². The highest BCUT2D eigenvalue weighted by Gasteiger charge is 2.24. The Bertz CT molecular complexity index is 1260. The van der Waals surface area contributed by atoms with E-state index in [1.807, 2.05) is 48.5 Å². The molecule has 3 N–H and O–H groups in total. The van der Waals surface area contributed by atoms with E-state index in [4.69, 9.17) is 4.74 Å². The fourth-order valence-electron chi connectivity index (χ4n) is 4.38. The number of anilines is 4. The third-order valence-corrected chi connectivity index (χ3v) is 6.18. The average Bonchev–Trinajstić information content (AvgIpc) is 3.18. The van der Waals surface area contributed by atoms with E-state index in [-0.39, 0.29) is 11.8 Å². The molecule has 1 fully saturated rings. The van der Waals surface area contributed by atoms with E-state index in [1.165, 1.54) is 12.6 Å². The molecule has 0 aromatic heterocycles. The predicted octanol–water partition coefficient (Wildman–Crippen LogP) is 4.48. The Hall–Kier alpha value is -4.10. The monoisotopic (exact) mass is 468 g/mol. The van der Waals surface area contributed by atoms with Crippen LogP contribution in [-0.4, -0.2) is 38.1 Å². The van der Waals surface area contributed by atoms with Gasteiger partial charge in [0.1, 0.15) is 0 Å².